The van der Waals surface area contributed by atoms with Gasteiger partial charge in [0.15, 0.2) is 0 Å². The molecule has 0 aliphatic heterocycles. The van der Waals surface area contributed by atoms with E-state index in [0.717, 1.165) is 9.87 Å². The van der Waals surface area contributed by atoms with Gasteiger partial charge in [-0.3, -0.25) is 13.9 Å². The number of hydrogen-bond donors (Lipinski definition) is 1. The minimum Gasteiger partial charge on any atom is -0.495 e. The number of para-hydroxylation sites is 2. The van der Waals surface area contributed by atoms with Crippen molar-refractivity contribution in [1.82, 2.24) is 10.2 Å². The molecule has 11 heteroatoms. The van der Waals surface area contributed by atoms with Crippen molar-refractivity contribution in [1.29, 1.82) is 0 Å². The van der Waals surface area contributed by atoms with Crippen LogP contribution in [0.5, 0.6) is 5.75 Å². The van der Waals surface area contributed by atoms with Crippen LogP contribution in [0, 0.1) is 6.92 Å². The fourth-order valence-electron chi connectivity index (χ4n) is 4.03. The Hall–Kier alpha value is -3.27. The van der Waals surface area contributed by atoms with Crippen LogP contribution in [0.25, 0.3) is 0 Å². The fraction of sp³-hybridized carbons (Fsp3) is 0.310. The Balaban J connectivity index is 2.11. The Morgan fingerprint density at radius 2 is 1.52 bits per heavy atom. The van der Waals surface area contributed by atoms with Gasteiger partial charge in [-0.2, -0.15) is 0 Å². The molecule has 0 bridgehead atoms. The fourth-order valence-corrected chi connectivity index (χ4v) is 5.97. The molecule has 0 spiro atoms. The van der Waals surface area contributed by atoms with Gasteiger partial charge in [0.25, 0.3) is 10.0 Å². The van der Waals surface area contributed by atoms with Crippen molar-refractivity contribution in [3.05, 3.63) is 87.9 Å². The highest BCUT2D eigenvalue weighted by Crippen LogP contribution is 2.33. The van der Waals surface area contributed by atoms with Gasteiger partial charge < -0.3 is 15.0 Å². The zero-order valence-corrected chi connectivity index (χ0v) is 25.3. The van der Waals surface area contributed by atoms with Gasteiger partial charge in [0, 0.05) is 28.2 Å². The Labute approximate surface area is 245 Å². The van der Waals surface area contributed by atoms with E-state index in [4.69, 9.17) is 27.9 Å². The van der Waals surface area contributed by atoms with Crippen molar-refractivity contribution < 1.29 is 22.7 Å². The summed E-state index contributed by atoms with van der Waals surface area (Å²) in [5.41, 5.74) is 1.49. The van der Waals surface area contributed by atoms with Crippen molar-refractivity contribution in [2.24, 2.45) is 0 Å². The predicted molar refractivity (Wildman–Crippen MR) is 158 cm³/mol. The molecule has 0 aliphatic rings. The second-order valence-electron chi connectivity index (χ2n) is 9.56. The zero-order valence-electron chi connectivity index (χ0n) is 23.0. The molecular formula is C29H33Cl2N3O5S. The van der Waals surface area contributed by atoms with E-state index in [1.165, 1.54) is 24.1 Å². The van der Waals surface area contributed by atoms with Crippen molar-refractivity contribution in [3.8, 4) is 5.75 Å². The topological polar surface area (TPSA) is 96.0 Å². The summed E-state index contributed by atoms with van der Waals surface area (Å²) in [6.45, 7) is 6.30. The number of ether oxygens (including phenoxy) is 1. The second-order valence-corrected chi connectivity index (χ2v) is 12.2. The van der Waals surface area contributed by atoms with Gasteiger partial charge in [-0.15, -0.1) is 0 Å². The molecule has 3 rings (SSSR count). The quantitative estimate of drug-likeness (QED) is 0.313. The third-order valence-electron chi connectivity index (χ3n) is 6.23. The number of halogens is 2. The number of anilines is 1. The molecule has 0 heterocycles. The predicted octanol–water partition coefficient (Wildman–Crippen LogP) is 5.45. The van der Waals surface area contributed by atoms with Crippen LogP contribution < -0.4 is 14.4 Å². The lowest BCUT2D eigenvalue weighted by Crippen LogP contribution is -2.52. The molecule has 0 saturated carbocycles. The van der Waals surface area contributed by atoms with Gasteiger partial charge in [0.2, 0.25) is 11.8 Å². The van der Waals surface area contributed by atoms with Crippen LogP contribution in [0.4, 0.5) is 5.69 Å². The molecule has 0 fully saturated rings. The maximum absolute atomic E-state index is 14.0. The Morgan fingerprint density at radius 3 is 2.10 bits per heavy atom. The summed E-state index contributed by atoms with van der Waals surface area (Å²) in [6, 6.07) is 16.6. The average molecular weight is 607 g/mol. The minimum absolute atomic E-state index is 0.00287. The monoisotopic (exact) mass is 605 g/mol. The Bertz CT molecular complexity index is 1440. The first-order chi connectivity index (χ1) is 18.9. The van der Waals surface area contributed by atoms with Crippen LogP contribution in [0.1, 0.15) is 31.9 Å². The van der Waals surface area contributed by atoms with E-state index in [-0.39, 0.29) is 28.9 Å². The van der Waals surface area contributed by atoms with Crippen molar-refractivity contribution in [2.45, 2.75) is 51.2 Å². The van der Waals surface area contributed by atoms with Crippen LogP contribution in [0.15, 0.2) is 71.6 Å². The van der Waals surface area contributed by atoms with Gasteiger partial charge in [-0.05, 0) is 64.1 Å². The molecule has 40 heavy (non-hydrogen) atoms. The highest BCUT2D eigenvalue weighted by Gasteiger charge is 2.34. The molecule has 2 amide bonds. The molecular weight excluding hydrogens is 573 g/mol. The van der Waals surface area contributed by atoms with Gasteiger partial charge in [0.05, 0.1) is 17.7 Å². The molecule has 0 radical (unpaired) electrons. The summed E-state index contributed by atoms with van der Waals surface area (Å²) in [6.07, 6.45) is 0. The van der Waals surface area contributed by atoms with Crippen molar-refractivity contribution >= 4 is 50.7 Å². The summed E-state index contributed by atoms with van der Waals surface area (Å²) in [4.78, 5) is 28.4. The largest absolute Gasteiger partial charge is 0.495 e. The van der Waals surface area contributed by atoms with E-state index in [9.17, 15) is 18.0 Å². The molecule has 1 atom stereocenters. The van der Waals surface area contributed by atoms with Gasteiger partial charge >= 0.3 is 0 Å². The van der Waals surface area contributed by atoms with Crippen LogP contribution >= 0.6 is 23.2 Å². The zero-order chi connectivity index (χ0) is 29.6. The maximum Gasteiger partial charge on any atom is 0.264 e. The van der Waals surface area contributed by atoms with Crippen LogP contribution in [0.2, 0.25) is 10.0 Å². The third-order valence-corrected chi connectivity index (χ3v) is 8.71. The van der Waals surface area contributed by atoms with E-state index in [2.05, 4.69) is 5.32 Å². The van der Waals surface area contributed by atoms with Crippen LogP contribution in [0.3, 0.4) is 0 Å². The van der Waals surface area contributed by atoms with Gasteiger partial charge in [-0.1, -0.05) is 59.1 Å². The number of rotatable bonds is 11. The lowest BCUT2D eigenvalue weighted by atomic mass is 10.1. The first-order valence-electron chi connectivity index (χ1n) is 12.6. The molecule has 0 saturated heterocycles. The first kappa shape index (κ1) is 31.3. The molecule has 0 aromatic heterocycles. The summed E-state index contributed by atoms with van der Waals surface area (Å²) in [7, 11) is -2.82. The lowest BCUT2D eigenvalue weighted by molar-refractivity contribution is -0.139. The summed E-state index contributed by atoms with van der Waals surface area (Å²) in [5.74, 6) is -0.780. The Morgan fingerprint density at radius 1 is 0.925 bits per heavy atom. The highest BCUT2D eigenvalue weighted by atomic mass is 35.5. The molecule has 1 N–H and O–H groups in total. The summed E-state index contributed by atoms with van der Waals surface area (Å²) >= 11 is 12.8. The van der Waals surface area contributed by atoms with E-state index in [1.807, 2.05) is 6.92 Å². The van der Waals surface area contributed by atoms with Crippen LogP contribution in [-0.4, -0.2) is 50.9 Å². The van der Waals surface area contributed by atoms with Crippen molar-refractivity contribution in [3.63, 3.8) is 0 Å². The molecule has 3 aromatic rings. The van der Waals surface area contributed by atoms with E-state index in [1.54, 1.807) is 75.4 Å². The molecule has 214 valence electrons. The van der Waals surface area contributed by atoms with E-state index >= 15 is 0 Å². The Kier molecular flexibility index (Phi) is 10.5. The molecule has 0 aliphatic carbocycles. The number of hydrogen-bond acceptors (Lipinski definition) is 5. The highest BCUT2D eigenvalue weighted by molar-refractivity contribution is 7.92. The average Bonchev–Trinajstić information content (AvgIpc) is 2.91. The first-order valence-corrected chi connectivity index (χ1v) is 14.8. The standard InChI is InChI=1S/C29H33Cl2N3O5S/c1-19(2)32-29(36)21(4)33(17-23-24(30)9-8-10-25(23)31)28(35)18-34(26-11-6-7-12-27(26)39-5)40(37,38)22-15-13-20(3)14-16-22/h6-16,19,21H,17-18H2,1-5H3,(H,32,36)/t21-/m1/s1. The van der Waals surface area contributed by atoms with Gasteiger partial charge in [0.1, 0.15) is 18.3 Å². The second kappa shape index (κ2) is 13.4. The summed E-state index contributed by atoms with van der Waals surface area (Å²) in [5, 5.41) is 3.44. The number of carbonyl (C=O) groups excluding carboxylic acids is 2. The van der Waals surface area contributed by atoms with Crippen LogP contribution in [-0.2, 0) is 26.2 Å². The normalized spacial score (nSPS) is 12.1. The molecule has 8 nitrogen and oxygen atoms in total. The number of benzene rings is 3. The van der Waals surface area contributed by atoms with Gasteiger partial charge in [-0.25, -0.2) is 8.42 Å². The number of carbonyl (C=O) groups is 2. The number of aryl methyl sites for hydroxylation is 1. The smallest absolute Gasteiger partial charge is 0.264 e. The number of amides is 2. The maximum atomic E-state index is 14.0. The number of methoxy groups -OCH3 is 1. The molecule has 0 unspecified atom stereocenters. The molecule has 3 aromatic carbocycles. The number of nitrogens with one attached hydrogen (secondary N) is 1. The van der Waals surface area contributed by atoms with E-state index in [0.29, 0.717) is 15.6 Å². The van der Waals surface area contributed by atoms with Crippen molar-refractivity contribution in [2.75, 3.05) is 18.0 Å². The number of sulfonamides is 1. The minimum atomic E-state index is -4.23. The van der Waals surface area contributed by atoms with E-state index < -0.39 is 34.4 Å². The lowest BCUT2D eigenvalue weighted by Gasteiger charge is -2.33. The third kappa shape index (κ3) is 7.27. The summed E-state index contributed by atoms with van der Waals surface area (Å²) < 4.78 is 34.4. The number of nitrogens with zero attached hydrogens (tertiary/aromatic N) is 2. The SMILES string of the molecule is COc1ccccc1N(CC(=O)N(Cc1c(Cl)cccc1Cl)[C@H](C)C(=O)NC(C)C)S(=O)(=O)c1ccc(C)cc1.